The lowest BCUT2D eigenvalue weighted by Gasteiger charge is -2.26. The van der Waals surface area contributed by atoms with Gasteiger partial charge in [-0.05, 0) is 37.2 Å². The van der Waals surface area contributed by atoms with E-state index in [2.05, 4.69) is 6.92 Å². The number of hydrogen-bond acceptors (Lipinski definition) is 2. The summed E-state index contributed by atoms with van der Waals surface area (Å²) in [5.41, 5.74) is 1.06. The van der Waals surface area contributed by atoms with Crippen molar-refractivity contribution >= 4 is 5.97 Å². The molecule has 18 heavy (non-hydrogen) atoms. The summed E-state index contributed by atoms with van der Waals surface area (Å²) in [5.74, 6) is 0.952. The Labute approximate surface area is 109 Å². The molecule has 1 fully saturated rings. The molecule has 0 aliphatic heterocycles. The van der Waals surface area contributed by atoms with E-state index in [1.165, 1.54) is 19.3 Å². The Morgan fingerprint density at radius 3 is 2.44 bits per heavy atom. The second-order valence-electron chi connectivity index (χ2n) is 5.22. The third-order valence-corrected chi connectivity index (χ3v) is 3.98. The smallest absolute Gasteiger partial charge is 0.309 e. The van der Waals surface area contributed by atoms with Gasteiger partial charge < -0.3 is 4.74 Å². The molecule has 1 saturated carbocycles. The van der Waals surface area contributed by atoms with Crippen LogP contribution in [0, 0.1) is 11.8 Å². The fraction of sp³-hybridized carbons (Fsp3) is 0.562. The molecule has 1 aliphatic rings. The molecule has 1 aromatic rings. The molecule has 0 unspecified atom stereocenters. The number of ether oxygens (including phenoxy) is 1. The van der Waals surface area contributed by atoms with Crippen molar-refractivity contribution in [1.29, 1.82) is 0 Å². The van der Waals surface area contributed by atoms with Crippen molar-refractivity contribution in [1.82, 2.24) is 0 Å². The van der Waals surface area contributed by atoms with E-state index in [1.807, 2.05) is 30.3 Å². The molecule has 0 heterocycles. The van der Waals surface area contributed by atoms with Gasteiger partial charge in [0.1, 0.15) is 6.61 Å². The Hall–Kier alpha value is -1.31. The molecule has 2 rings (SSSR count). The Morgan fingerprint density at radius 2 is 1.83 bits per heavy atom. The van der Waals surface area contributed by atoms with Gasteiger partial charge in [0.2, 0.25) is 0 Å². The van der Waals surface area contributed by atoms with Crippen LogP contribution in [-0.4, -0.2) is 5.97 Å². The topological polar surface area (TPSA) is 26.3 Å². The van der Waals surface area contributed by atoms with Crippen molar-refractivity contribution in [2.75, 3.05) is 0 Å². The summed E-state index contributed by atoms with van der Waals surface area (Å²) in [6, 6.07) is 9.88. The molecule has 0 radical (unpaired) electrons. The fourth-order valence-corrected chi connectivity index (χ4v) is 2.65. The number of rotatable bonds is 4. The first-order chi connectivity index (χ1) is 8.79. The lowest BCUT2D eigenvalue weighted by molar-refractivity contribution is -0.151. The van der Waals surface area contributed by atoms with Gasteiger partial charge in [0.15, 0.2) is 0 Å². The average molecular weight is 246 g/mol. The van der Waals surface area contributed by atoms with Crippen LogP contribution in [0.2, 0.25) is 0 Å². The molecule has 1 aromatic carbocycles. The Morgan fingerprint density at radius 1 is 1.17 bits per heavy atom. The first-order valence-corrected chi connectivity index (χ1v) is 7.00. The van der Waals surface area contributed by atoms with Crippen LogP contribution in [0.3, 0.4) is 0 Å². The first-order valence-electron chi connectivity index (χ1n) is 7.00. The zero-order valence-electron chi connectivity index (χ0n) is 11.1. The molecule has 0 amide bonds. The highest BCUT2D eigenvalue weighted by atomic mass is 16.5. The van der Waals surface area contributed by atoms with E-state index in [-0.39, 0.29) is 11.9 Å². The van der Waals surface area contributed by atoms with Gasteiger partial charge in [-0.15, -0.1) is 0 Å². The van der Waals surface area contributed by atoms with Gasteiger partial charge in [-0.2, -0.15) is 0 Å². The van der Waals surface area contributed by atoms with Crippen LogP contribution in [0.15, 0.2) is 30.3 Å². The molecule has 0 bridgehead atoms. The van der Waals surface area contributed by atoms with Crippen LogP contribution in [0.5, 0.6) is 0 Å². The minimum atomic E-state index is -0.00611. The maximum Gasteiger partial charge on any atom is 0.309 e. The molecular formula is C16H22O2. The van der Waals surface area contributed by atoms with Gasteiger partial charge in [-0.25, -0.2) is 0 Å². The van der Waals surface area contributed by atoms with Gasteiger partial charge >= 0.3 is 5.97 Å². The molecule has 1 aliphatic carbocycles. The molecule has 2 nitrogen and oxygen atoms in total. The highest BCUT2D eigenvalue weighted by Gasteiger charge is 2.26. The van der Waals surface area contributed by atoms with E-state index in [0.717, 1.165) is 24.3 Å². The molecule has 0 spiro atoms. The number of benzene rings is 1. The summed E-state index contributed by atoms with van der Waals surface area (Å²) in [5, 5.41) is 0. The van der Waals surface area contributed by atoms with Gasteiger partial charge in [-0.1, -0.05) is 43.7 Å². The fourth-order valence-electron chi connectivity index (χ4n) is 2.65. The maximum absolute atomic E-state index is 11.9. The summed E-state index contributed by atoms with van der Waals surface area (Å²) in [4.78, 5) is 11.9. The SMILES string of the molecule is CCC1CCC(C(=O)OCc2ccccc2)CC1. The monoisotopic (exact) mass is 246 g/mol. The zero-order valence-corrected chi connectivity index (χ0v) is 11.1. The predicted molar refractivity (Wildman–Crippen MR) is 72.0 cm³/mol. The molecular weight excluding hydrogens is 224 g/mol. The van der Waals surface area contributed by atoms with Gasteiger partial charge in [0.05, 0.1) is 5.92 Å². The molecule has 0 aromatic heterocycles. The van der Waals surface area contributed by atoms with Gasteiger partial charge in [0, 0.05) is 0 Å². The van der Waals surface area contributed by atoms with E-state index in [1.54, 1.807) is 0 Å². The summed E-state index contributed by atoms with van der Waals surface area (Å²) >= 11 is 0. The van der Waals surface area contributed by atoms with Crippen molar-refractivity contribution < 1.29 is 9.53 Å². The molecule has 0 atom stereocenters. The lowest BCUT2D eigenvalue weighted by atomic mass is 9.81. The van der Waals surface area contributed by atoms with Crippen LogP contribution < -0.4 is 0 Å². The summed E-state index contributed by atoms with van der Waals surface area (Å²) in [6.45, 7) is 2.64. The Bertz CT molecular complexity index is 364. The minimum absolute atomic E-state index is 0.00611. The van der Waals surface area contributed by atoms with Crippen molar-refractivity contribution in [3.63, 3.8) is 0 Å². The first kappa shape index (κ1) is 13.1. The van der Waals surface area contributed by atoms with E-state index in [9.17, 15) is 4.79 Å². The van der Waals surface area contributed by atoms with Crippen LogP contribution >= 0.6 is 0 Å². The zero-order chi connectivity index (χ0) is 12.8. The standard InChI is InChI=1S/C16H22O2/c1-2-13-8-10-15(11-9-13)16(17)18-12-14-6-4-3-5-7-14/h3-7,13,15H,2,8-12H2,1H3. The number of hydrogen-bond donors (Lipinski definition) is 0. The summed E-state index contributed by atoms with van der Waals surface area (Å²) < 4.78 is 5.40. The van der Waals surface area contributed by atoms with Gasteiger partial charge in [0.25, 0.3) is 0 Å². The van der Waals surface area contributed by atoms with E-state index in [0.29, 0.717) is 6.61 Å². The average Bonchev–Trinajstić information content (AvgIpc) is 2.46. The second-order valence-corrected chi connectivity index (χ2v) is 5.22. The van der Waals surface area contributed by atoms with E-state index in [4.69, 9.17) is 4.74 Å². The van der Waals surface area contributed by atoms with Crippen molar-refractivity contribution in [3.8, 4) is 0 Å². The third-order valence-electron chi connectivity index (χ3n) is 3.98. The Balaban J connectivity index is 1.75. The lowest BCUT2D eigenvalue weighted by Crippen LogP contribution is -2.23. The molecule has 0 saturated heterocycles. The van der Waals surface area contributed by atoms with Crippen molar-refractivity contribution in [2.45, 2.75) is 45.6 Å². The van der Waals surface area contributed by atoms with E-state index < -0.39 is 0 Å². The van der Waals surface area contributed by atoms with Crippen LogP contribution in [0.25, 0.3) is 0 Å². The van der Waals surface area contributed by atoms with Crippen LogP contribution in [-0.2, 0) is 16.1 Å². The molecule has 2 heteroatoms. The highest BCUT2D eigenvalue weighted by Crippen LogP contribution is 2.31. The van der Waals surface area contributed by atoms with Crippen LogP contribution in [0.4, 0.5) is 0 Å². The van der Waals surface area contributed by atoms with E-state index >= 15 is 0 Å². The van der Waals surface area contributed by atoms with Crippen molar-refractivity contribution in [3.05, 3.63) is 35.9 Å². The Kier molecular flexibility index (Phi) is 4.80. The number of esters is 1. The number of carbonyl (C=O) groups excluding carboxylic acids is 1. The number of carbonyl (C=O) groups is 1. The van der Waals surface area contributed by atoms with Crippen LogP contribution in [0.1, 0.15) is 44.6 Å². The molecule has 0 N–H and O–H groups in total. The molecule has 98 valence electrons. The quantitative estimate of drug-likeness (QED) is 0.752. The highest BCUT2D eigenvalue weighted by molar-refractivity contribution is 5.72. The summed E-state index contributed by atoms with van der Waals surface area (Å²) in [6.07, 6.45) is 5.62. The minimum Gasteiger partial charge on any atom is -0.461 e. The predicted octanol–water partition coefficient (Wildman–Crippen LogP) is 3.95. The largest absolute Gasteiger partial charge is 0.461 e. The van der Waals surface area contributed by atoms with Gasteiger partial charge in [-0.3, -0.25) is 4.79 Å². The normalized spacial score (nSPS) is 23.6. The second kappa shape index (κ2) is 6.58. The summed E-state index contributed by atoms with van der Waals surface area (Å²) in [7, 11) is 0. The van der Waals surface area contributed by atoms with Crippen molar-refractivity contribution in [2.24, 2.45) is 11.8 Å². The third kappa shape index (κ3) is 3.59. The maximum atomic E-state index is 11.9.